The molecule has 4 saturated heterocycles. The van der Waals surface area contributed by atoms with Crippen molar-refractivity contribution in [1.29, 1.82) is 0 Å². The first kappa shape index (κ1) is 23.6. The first-order valence-electron chi connectivity index (χ1n) is 11.6. The summed E-state index contributed by atoms with van der Waals surface area (Å²) in [5.41, 5.74) is 0.891. The van der Waals surface area contributed by atoms with E-state index in [-0.39, 0.29) is 12.2 Å². The van der Waals surface area contributed by atoms with Gasteiger partial charge < -0.3 is 43.4 Å². The number of ether oxygens (including phenoxy) is 7. The minimum Gasteiger partial charge on any atom is -0.388 e. The van der Waals surface area contributed by atoms with E-state index in [1.54, 1.807) is 0 Å². The molecule has 33 heavy (non-hydrogen) atoms. The largest absolute Gasteiger partial charge is 0.388 e. The van der Waals surface area contributed by atoms with E-state index in [9.17, 15) is 10.2 Å². The summed E-state index contributed by atoms with van der Waals surface area (Å²) in [5, 5.41) is 22.2. The molecule has 1 aromatic rings. The van der Waals surface area contributed by atoms with Crippen LogP contribution < -0.4 is 0 Å². The lowest BCUT2D eigenvalue weighted by molar-refractivity contribution is -0.354. The monoisotopic (exact) mass is 466 g/mol. The lowest BCUT2D eigenvalue weighted by Crippen LogP contribution is -2.62. The molecule has 4 fully saturated rings. The van der Waals surface area contributed by atoms with Gasteiger partial charge in [-0.3, -0.25) is 0 Å². The highest BCUT2D eigenvalue weighted by atomic mass is 16.8. The number of rotatable bonds is 4. The highest BCUT2D eigenvalue weighted by Crippen LogP contribution is 2.43. The standard InChI is InChI=1S/C24H34O9/c1-12-19-21(33-24(2,3)32-19)18(26)15(29-12)10-14-17(25)23(27-4)30-16-11-28-22(31-20(14)16)13-8-6-5-7-9-13/h5-9,12,14-23,25-26H,10-11H2,1-4H3/t12-,14+,15+,16+,17+,18+,19+,20-,21-,22?,23-/m0/s1. The third-order valence-electron chi connectivity index (χ3n) is 7.05. The fourth-order valence-electron chi connectivity index (χ4n) is 5.50. The van der Waals surface area contributed by atoms with Crippen LogP contribution in [0.15, 0.2) is 30.3 Å². The van der Waals surface area contributed by atoms with E-state index in [1.807, 2.05) is 51.1 Å². The van der Waals surface area contributed by atoms with Crippen molar-refractivity contribution in [1.82, 2.24) is 0 Å². The predicted octanol–water partition coefficient (Wildman–Crippen LogP) is 1.51. The smallest absolute Gasteiger partial charge is 0.184 e. The Bertz CT molecular complexity index is 804. The van der Waals surface area contributed by atoms with E-state index >= 15 is 0 Å². The Morgan fingerprint density at radius 2 is 1.70 bits per heavy atom. The van der Waals surface area contributed by atoms with Crippen LogP contribution in [0, 0.1) is 5.92 Å². The van der Waals surface area contributed by atoms with Gasteiger partial charge >= 0.3 is 0 Å². The van der Waals surface area contributed by atoms with Gasteiger partial charge in [-0.05, 0) is 27.2 Å². The second-order valence-electron chi connectivity index (χ2n) is 9.78. The van der Waals surface area contributed by atoms with Crippen LogP contribution >= 0.6 is 0 Å². The van der Waals surface area contributed by atoms with Crippen molar-refractivity contribution in [2.24, 2.45) is 5.92 Å². The van der Waals surface area contributed by atoms with Crippen LogP contribution in [0.2, 0.25) is 0 Å². The van der Waals surface area contributed by atoms with E-state index in [1.165, 1.54) is 7.11 Å². The Balaban J connectivity index is 1.36. The van der Waals surface area contributed by atoms with Gasteiger partial charge in [-0.25, -0.2) is 0 Å². The Morgan fingerprint density at radius 3 is 2.42 bits per heavy atom. The molecule has 0 saturated carbocycles. The topological polar surface area (TPSA) is 105 Å². The molecule has 0 amide bonds. The Kier molecular flexibility index (Phi) is 6.54. The van der Waals surface area contributed by atoms with Crippen LogP contribution in [0.5, 0.6) is 0 Å². The molecule has 2 N–H and O–H groups in total. The molecular weight excluding hydrogens is 432 g/mol. The SMILES string of the molecule is CO[C@H]1O[C@@H]2COC(c3ccccc3)O[C@H]2[C@H](C[C@H]2O[C@@H](C)[C@H]3OC(C)(C)O[C@H]3[C@@H]2O)[C@H]1O. The van der Waals surface area contributed by atoms with Gasteiger partial charge in [-0.1, -0.05) is 30.3 Å². The molecule has 0 radical (unpaired) electrons. The second kappa shape index (κ2) is 9.14. The highest BCUT2D eigenvalue weighted by Gasteiger charge is 2.56. The molecule has 1 aromatic carbocycles. The molecule has 184 valence electrons. The Labute approximate surface area is 193 Å². The van der Waals surface area contributed by atoms with Gasteiger partial charge in [0.2, 0.25) is 0 Å². The first-order valence-corrected chi connectivity index (χ1v) is 11.6. The molecule has 4 aliphatic heterocycles. The van der Waals surface area contributed by atoms with Gasteiger partial charge in [0.15, 0.2) is 18.4 Å². The number of hydrogen-bond acceptors (Lipinski definition) is 9. The van der Waals surface area contributed by atoms with Crippen molar-refractivity contribution in [3.05, 3.63) is 35.9 Å². The molecule has 11 atom stereocenters. The van der Waals surface area contributed by atoms with Gasteiger partial charge in [-0.15, -0.1) is 0 Å². The minimum atomic E-state index is -0.966. The summed E-state index contributed by atoms with van der Waals surface area (Å²) in [6.07, 6.45) is -5.53. The molecule has 1 unspecified atom stereocenters. The second-order valence-corrected chi connectivity index (χ2v) is 9.78. The molecule has 0 aromatic heterocycles. The zero-order valence-electron chi connectivity index (χ0n) is 19.4. The molecule has 4 aliphatic rings. The number of methoxy groups -OCH3 is 1. The third kappa shape index (κ3) is 4.47. The molecular formula is C24H34O9. The van der Waals surface area contributed by atoms with E-state index in [2.05, 4.69) is 0 Å². The highest BCUT2D eigenvalue weighted by molar-refractivity contribution is 5.16. The maximum Gasteiger partial charge on any atom is 0.184 e. The van der Waals surface area contributed by atoms with Crippen LogP contribution in [0.1, 0.15) is 39.0 Å². The van der Waals surface area contributed by atoms with Gasteiger partial charge in [-0.2, -0.15) is 0 Å². The molecule has 9 nitrogen and oxygen atoms in total. The number of benzene rings is 1. The average Bonchev–Trinajstić information content (AvgIpc) is 3.15. The number of aliphatic hydroxyl groups excluding tert-OH is 2. The number of aliphatic hydroxyl groups is 2. The van der Waals surface area contributed by atoms with Gasteiger partial charge in [0.1, 0.15) is 30.5 Å². The quantitative estimate of drug-likeness (QED) is 0.683. The van der Waals surface area contributed by atoms with Crippen LogP contribution in [-0.2, 0) is 33.2 Å². The normalized spacial score (nSPS) is 47.0. The summed E-state index contributed by atoms with van der Waals surface area (Å²) in [5.74, 6) is -1.21. The maximum absolute atomic E-state index is 11.1. The average molecular weight is 467 g/mol. The van der Waals surface area contributed by atoms with E-state index < -0.39 is 60.9 Å². The van der Waals surface area contributed by atoms with Crippen molar-refractivity contribution in [3.8, 4) is 0 Å². The summed E-state index contributed by atoms with van der Waals surface area (Å²) in [6.45, 7) is 5.87. The zero-order valence-corrected chi connectivity index (χ0v) is 19.4. The molecule has 0 bridgehead atoms. The minimum absolute atomic E-state index is 0.274. The van der Waals surface area contributed by atoms with Crippen molar-refractivity contribution >= 4 is 0 Å². The lowest BCUT2D eigenvalue weighted by atomic mass is 9.81. The Hall–Kier alpha value is -1.14. The number of fused-ring (bicyclic) bond motifs is 2. The van der Waals surface area contributed by atoms with Crippen molar-refractivity contribution in [3.63, 3.8) is 0 Å². The number of hydrogen-bond donors (Lipinski definition) is 2. The van der Waals surface area contributed by atoms with Gasteiger partial charge in [0, 0.05) is 18.6 Å². The van der Waals surface area contributed by atoms with Crippen LogP contribution in [0.25, 0.3) is 0 Å². The van der Waals surface area contributed by atoms with Crippen molar-refractivity contribution in [2.45, 2.75) is 94.4 Å². The van der Waals surface area contributed by atoms with E-state index in [4.69, 9.17) is 33.2 Å². The van der Waals surface area contributed by atoms with Crippen molar-refractivity contribution in [2.75, 3.05) is 13.7 Å². The zero-order chi connectivity index (χ0) is 23.3. The molecule has 0 spiro atoms. The van der Waals surface area contributed by atoms with Gasteiger partial charge in [0.25, 0.3) is 0 Å². The van der Waals surface area contributed by atoms with E-state index in [0.29, 0.717) is 13.0 Å². The van der Waals surface area contributed by atoms with Crippen LogP contribution in [0.3, 0.4) is 0 Å². The fourth-order valence-corrected chi connectivity index (χ4v) is 5.50. The molecule has 9 heteroatoms. The summed E-state index contributed by atoms with van der Waals surface area (Å²) in [4.78, 5) is 0. The Morgan fingerprint density at radius 1 is 0.970 bits per heavy atom. The summed E-state index contributed by atoms with van der Waals surface area (Å²) in [7, 11) is 1.49. The maximum atomic E-state index is 11.1. The van der Waals surface area contributed by atoms with Gasteiger partial charge in [0.05, 0.1) is 24.9 Å². The first-order chi connectivity index (χ1) is 15.8. The summed E-state index contributed by atoms with van der Waals surface area (Å²) >= 11 is 0. The predicted molar refractivity (Wildman–Crippen MR) is 114 cm³/mol. The van der Waals surface area contributed by atoms with Crippen molar-refractivity contribution < 1.29 is 43.4 Å². The molecule has 4 heterocycles. The summed E-state index contributed by atoms with van der Waals surface area (Å²) < 4.78 is 41.7. The molecule has 5 rings (SSSR count). The third-order valence-corrected chi connectivity index (χ3v) is 7.05. The van der Waals surface area contributed by atoms with Crippen LogP contribution in [-0.4, -0.2) is 84.8 Å². The summed E-state index contributed by atoms with van der Waals surface area (Å²) in [6, 6.07) is 9.66. The molecule has 0 aliphatic carbocycles. The van der Waals surface area contributed by atoms with E-state index in [0.717, 1.165) is 5.56 Å². The lowest BCUT2D eigenvalue weighted by Gasteiger charge is -2.49. The fraction of sp³-hybridized carbons (Fsp3) is 0.750. The van der Waals surface area contributed by atoms with Crippen LogP contribution in [0.4, 0.5) is 0 Å².